The van der Waals surface area contributed by atoms with Crippen LogP contribution in [-0.4, -0.2) is 11.7 Å². The van der Waals surface area contributed by atoms with Gasteiger partial charge in [0.2, 0.25) is 0 Å². The number of carbonyl (C=O) groups is 2. The van der Waals surface area contributed by atoms with Crippen LogP contribution in [0.5, 0.6) is 0 Å². The molecule has 0 bridgehead atoms. The standard InChI is InChI=1S/C21H20N2O2/c1-14(24)11-15-3-4-17-13-18(6-5-16(17)12-15)21(25)23-20-9-7-19(22-2)8-10-20/h5-10,13,15H,3-4,11-12H2,1H3,(H,23,25). The Kier molecular flexibility index (Phi) is 4.95. The lowest BCUT2D eigenvalue weighted by atomic mass is 9.81. The monoisotopic (exact) mass is 332 g/mol. The van der Waals surface area contributed by atoms with Crippen LogP contribution >= 0.6 is 0 Å². The number of hydrogen-bond acceptors (Lipinski definition) is 2. The lowest BCUT2D eigenvalue weighted by molar-refractivity contribution is -0.117. The summed E-state index contributed by atoms with van der Waals surface area (Å²) in [5, 5.41) is 2.86. The predicted molar refractivity (Wildman–Crippen MR) is 97.9 cm³/mol. The Bertz CT molecular complexity index is 847. The maximum Gasteiger partial charge on any atom is 0.255 e. The largest absolute Gasteiger partial charge is 0.322 e. The van der Waals surface area contributed by atoms with Crippen LogP contribution < -0.4 is 5.32 Å². The first-order valence-electron chi connectivity index (χ1n) is 8.45. The molecule has 3 rings (SSSR count). The van der Waals surface area contributed by atoms with Gasteiger partial charge in [-0.25, -0.2) is 4.85 Å². The maximum atomic E-state index is 12.4. The number of carbonyl (C=O) groups excluding carboxylic acids is 2. The van der Waals surface area contributed by atoms with E-state index in [4.69, 9.17) is 6.57 Å². The number of nitrogens with one attached hydrogen (secondary N) is 1. The van der Waals surface area contributed by atoms with Gasteiger partial charge in [0.1, 0.15) is 5.78 Å². The molecule has 126 valence electrons. The minimum atomic E-state index is -0.149. The zero-order chi connectivity index (χ0) is 17.8. The Morgan fingerprint density at radius 2 is 1.92 bits per heavy atom. The number of hydrogen-bond donors (Lipinski definition) is 1. The zero-order valence-electron chi connectivity index (χ0n) is 14.2. The average molecular weight is 332 g/mol. The highest BCUT2D eigenvalue weighted by molar-refractivity contribution is 6.04. The molecule has 25 heavy (non-hydrogen) atoms. The van der Waals surface area contributed by atoms with E-state index >= 15 is 0 Å². The molecule has 0 radical (unpaired) electrons. The molecular weight excluding hydrogens is 312 g/mol. The summed E-state index contributed by atoms with van der Waals surface area (Å²) in [6, 6.07) is 12.7. The molecule has 0 saturated heterocycles. The third-order valence-electron chi connectivity index (χ3n) is 4.63. The topological polar surface area (TPSA) is 50.5 Å². The second-order valence-corrected chi connectivity index (χ2v) is 6.61. The van der Waals surface area contributed by atoms with Gasteiger partial charge in [-0.2, -0.15) is 0 Å². The van der Waals surface area contributed by atoms with Gasteiger partial charge in [0.25, 0.3) is 5.91 Å². The van der Waals surface area contributed by atoms with Crippen LogP contribution in [0, 0.1) is 12.5 Å². The van der Waals surface area contributed by atoms with Crippen molar-refractivity contribution in [3.8, 4) is 0 Å². The molecular formula is C21H20N2O2. The molecule has 1 N–H and O–H groups in total. The molecule has 2 aromatic rings. The summed E-state index contributed by atoms with van der Waals surface area (Å²) >= 11 is 0. The molecule has 2 aromatic carbocycles. The Hall–Kier alpha value is -2.93. The van der Waals surface area contributed by atoms with Gasteiger partial charge in [-0.3, -0.25) is 4.79 Å². The molecule has 1 atom stereocenters. The normalized spacial score (nSPS) is 15.8. The van der Waals surface area contributed by atoms with Crippen LogP contribution in [0.15, 0.2) is 42.5 Å². The average Bonchev–Trinajstić information content (AvgIpc) is 2.61. The Morgan fingerprint density at radius 1 is 1.16 bits per heavy atom. The first-order valence-corrected chi connectivity index (χ1v) is 8.45. The third kappa shape index (κ3) is 4.13. The van der Waals surface area contributed by atoms with Crippen molar-refractivity contribution in [2.24, 2.45) is 5.92 Å². The Balaban J connectivity index is 1.70. The van der Waals surface area contributed by atoms with Crippen molar-refractivity contribution in [2.75, 3.05) is 5.32 Å². The van der Waals surface area contributed by atoms with Gasteiger partial charge in [0.15, 0.2) is 5.69 Å². The highest BCUT2D eigenvalue weighted by Crippen LogP contribution is 2.28. The molecule has 0 spiro atoms. The highest BCUT2D eigenvalue weighted by Gasteiger charge is 2.21. The van der Waals surface area contributed by atoms with E-state index in [0.717, 1.165) is 19.3 Å². The van der Waals surface area contributed by atoms with E-state index in [-0.39, 0.29) is 11.7 Å². The summed E-state index contributed by atoms with van der Waals surface area (Å²) in [6.07, 6.45) is 3.46. The van der Waals surface area contributed by atoms with Crippen LogP contribution in [0.4, 0.5) is 11.4 Å². The SMILES string of the molecule is [C-]#[N+]c1ccc(NC(=O)c2ccc3c(c2)CCC(CC(C)=O)C3)cc1. The summed E-state index contributed by atoms with van der Waals surface area (Å²) in [7, 11) is 0. The van der Waals surface area contributed by atoms with Gasteiger partial charge in [-0.15, -0.1) is 0 Å². The number of ketones is 1. The van der Waals surface area contributed by atoms with Crippen LogP contribution in [0.25, 0.3) is 4.85 Å². The van der Waals surface area contributed by atoms with Gasteiger partial charge < -0.3 is 10.1 Å². The molecule has 0 heterocycles. The van der Waals surface area contributed by atoms with Crippen molar-refractivity contribution in [2.45, 2.75) is 32.6 Å². The van der Waals surface area contributed by atoms with E-state index in [2.05, 4.69) is 10.2 Å². The number of nitrogens with zero attached hydrogens (tertiary/aromatic N) is 1. The van der Waals surface area contributed by atoms with Gasteiger partial charge in [0, 0.05) is 17.7 Å². The minimum Gasteiger partial charge on any atom is -0.322 e. The lowest BCUT2D eigenvalue weighted by Gasteiger charge is -2.24. The third-order valence-corrected chi connectivity index (χ3v) is 4.63. The fourth-order valence-electron chi connectivity index (χ4n) is 3.38. The molecule has 1 unspecified atom stereocenters. The van der Waals surface area contributed by atoms with E-state index in [1.807, 2.05) is 18.2 Å². The molecule has 1 aliphatic rings. The predicted octanol–water partition coefficient (Wildman–Crippen LogP) is 4.57. The summed E-state index contributed by atoms with van der Waals surface area (Å²) in [5.41, 5.74) is 4.31. The quantitative estimate of drug-likeness (QED) is 0.834. The second-order valence-electron chi connectivity index (χ2n) is 6.61. The number of rotatable bonds is 4. The highest BCUT2D eigenvalue weighted by atomic mass is 16.1. The van der Waals surface area contributed by atoms with E-state index in [1.165, 1.54) is 11.1 Å². The van der Waals surface area contributed by atoms with Gasteiger partial charge in [-0.1, -0.05) is 18.2 Å². The molecule has 0 aromatic heterocycles. The molecule has 4 nitrogen and oxygen atoms in total. The van der Waals surface area contributed by atoms with Crippen LogP contribution in [-0.2, 0) is 17.6 Å². The zero-order valence-corrected chi connectivity index (χ0v) is 14.2. The minimum absolute atomic E-state index is 0.149. The summed E-state index contributed by atoms with van der Waals surface area (Å²) in [6.45, 7) is 8.60. The molecule has 0 aliphatic heterocycles. The number of Topliss-reactive ketones (excluding diaryl/α,β-unsaturated/α-hetero) is 1. The summed E-state index contributed by atoms with van der Waals surface area (Å²) in [5.74, 6) is 0.517. The van der Waals surface area contributed by atoms with Crippen LogP contribution in [0.1, 0.15) is 41.3 Å². The first-order chi connectivity index (χ1) is 12.0. The number of aryl methyl sites for hydroxylation is 1. The van der Waals surface area contributed by atoms with E-state index < -0.39 is 0 Å². The molecule has 0 fully saturated rings. The number of anilines is 1. The van der Waals surface area contributed by atoms with Gasteiger partial charge >= 0.3 is 0 Å². The molecule has 1 amide bonds. The van der Waals surface area contributed by atoms with Crippen molar-refractivity contribution < 1.29 is 9.59 Å². The first kappa shape index (κ1) is 16.9. The van der Waals surface area contributed by atoms with E-state index in [1.54, 1.807) is 31.2 Å². The van der Waals surface area contributed by atoms with Gasteiger partial charge in [0.05, 0.1) is 6.57 Å². The number of fused-ring (bicyclic) bond motifs is 1. The summed E-state index contributed by atoms with van der Waals surface area (Å²) < 4.78 is 0. The Labute approximate surface area is 147 Å². The van der Waals surface area contributed by atoms with Crippen molar-refractivity contribution in [3.63, 3.8) is 0 Å². The van der Waals surface area contributed by atoms with Crippen molar-refractivity contribution in [3.05, 3.63) is 70.6 Å². The molecule has 1 aliphatic carbocycles. The number of amides is 1. The maximum absolute atomic E-state index is 12.4. The van der Waals surface area contributed by atoms with E-state index in [0.29, 0.717) is 29.3 Å². The lowest BCUT2D eigenvalue weighted by Crippen LogP contribution is -2.18. The molecule has 4 heteroatoms. The fourth-order valence-corrected chi connectivity index (χ4v) is 3.38. The molecule has 0 saturated carbocycles. The van der Waals surface area contributed by atoms with Crippen LogP contribution in [0.2, 0.25) is 0 Å². The Morgan fingerprint density at radius 3 is 2.60 bits per heavy atom. The fraction of sp³-hybridized carbons (Fsp3) is 0.286. The van der Waals surface area contributed by atoms with Crippen molar-refractivity contribution >= 4 is 23.1 Å². The number of benzene rings is 2. The van der Waals surface area contributed by atoms with Crippen LogP contribution in [0.3, 0.4) is 0 Å². The van der Waals surface area contributed by atoms with Crippen molar-refractivity contribution in [1.82, 2.24) is 0 Å². The van der Waals surface area contributed by atoms with E-state index in [9.17, 15) is 9.59 Å². The summed E-state index contributed by atoms with van der Waals surface area (Å²) in [4.78, 5) is 27.1. The smallest absolute Gasteiger partial charge is 0.255 e. The van der Waals surface area contributed by atoms with Crippen molar-refractivity contribution in [1.29, 1.82) is 0 Å². The second kappa shape index (κ2) is 7.31. The van der Waals surface area contributed by atoms with Gasteiger partial charge in [-0.05, 0) is 67.5 Å².